The van der Waals surface area contributed by atoms with Crippen molar-refractivity contribution in [2.24, 2.45) is 5.92 Å². The minimum Gasteiger partial charge on any atom is -0.323 e. The summed E-state index contributed by atoms with van der Waals surface area (Å²) in [6.45, 7) is 7.83. The highest BCUT2D eigenvalue weighted by molar-refractivity contribution is 6.10. The van der Waals surface area contributed by atoms with Gasteiger partial charge < -0.3 is 10.6 Å². The van der Waals surface area contributed by atoms with Gasteiger partial charge in [-0.3, -0.25) is 14.5 Å². The first-order chi connectivity index (χ1) is 12.6. The lowest BCUT2D eigenvalue weighted by atomic mass is 9.77. The molecule has 0 bridgehead atoms. The number of rotatable bonds is 3. The van der Waals surface area contributed by atoms with Gasteiger partial charge in [0.15, 0.2) is 0 Å². The van der Waals surface area contributed by atoms with Gasteiger partial charge in [-0.05, 0) is 31.6 Å². The van der Waals surface area contributed by atoms with E-state index in [-0.39, 0.29) is 17.9 Å². The molecule has 1 aliphatic carbocycles. The van der Waals surface area contributed by atoms with E-state index in [0.29, 0.717) is 30.3 Å². The van der Waals surface area contributed by atoms with Crippen LogP contribution in [-0.4, -0.2) is 44.8 Å². The van der Waals surface area contributed by atoms with Gasteiger partial charge in [-0.2, -0.15) is 0 Å². The Hall–Kier alpha value is -2.51. The number of nitrogens with one attached hydrogen (secondary N) is 2. The number of aromatic nitrogens is 2. The van der Waals surface area contributed by atoms with Gasteiger partial charge in [-0.25, -0.2) is 14.8 Å². The van der Waals surface area contributed by atoms with Crippen LogP contribution in [0.25, 0.3) is 0 Å². The smallest absolute Gasteiger partial charge is 0.323 e. The molecule has 0 unspecified atom stereocenters. The van der Waals surface area contributed by atoms with Crippen LogP contribution >= 0.6 is 0 Å². The highest BCUT2D eigenvalue weighted by atomic mass is 16.2. The van der Waals surface area contributed by atoms with E-state index in [0.717, 1.165) is 17.7 Å². The molecule has 1 spiro atoms. The SMILES string of the molecule is CC1CCC2(CC1)NC(=O)N(CC(=O)Nc1cnc(C(C)(C)C)nc1)C2=O. The summed E-state index contributed by atoms with van der Waals surface area (Å²) in [5, 5.41) is 5.46. The predicted octanol–water partition coefficient (Wildman–Crippen LogP) is 2.21. The third-order valence-electron chi connectivity index (χ3n) is 5.28. The molecule has 2 fully saturated rings. The second-order valence-electron chi connectivity index (χ2n) is 8.68. The molecule has 2 aliphatic rings. The number of carbonyl (C=O) groups excluding carboxylic acids is 3. The average molecular weight is 373 g/mol. The summed E-state index contributed by atoms with van der Waals surface area (Å²) in [6.07, 6.45) is 6.09. The molecule has 1 aromatic rings. The summed E-state index contributed by atoms with van der Waals surface area (Å²) in [6, 6.07) is -0.496. The Bertz CT molecular complexity index is 746. The molecule has 0 radical (unpaired) electrons. The standard InChI is InChI=1S/C19H27N5O3/c1-12-5-7-19(8-6-12)16(26)24(17(27)23-19)11-14(25)22-13-9-20-15(21-10-13)18(2,3)4/h9-10,12H,5-8,11H2,1-4H3,(H,22,25)(H,23,27). The first kappa shape index (κ1) is 19.3. The third-order valence-corrected chi connectivity index (χ3v) is 5.28. The van der Waals surface area contributed by atoms with Crippen molar-refractivity contribution in [3.63, 3.8) is 0 Å². The van der Waals surface area contributed by atoms with Gasteiger partial charge in [0, 0.05) is 5.41 Å². The second-order valence-corrected chi connectivity index (χ2v) is 8.68. The molecule has 1 saturated carbocycles. The van der Waals surface area contributed by atoms with E-state index in [1.54, 1.807) is 0 Å². The van der Waals surface area contributed by atoms with Crippen molar-refractivity contribution in [2.45, 2.75) is 64.3 Å². The summed E-state index contributed by atoms with van der Waals surface area (Å²) in [4.78, 5) is 46.9. The molecule has 146 valence electrons. The predicted molar refractivity (Wildman–Crippen MR) is 100.0 cm³/mol. The molecule has 1 saturated heterocycles. The van der Waals surface area contributed by atoms with Crippen LogP contribution in [0, 0.1) is 5.92 Å². The Morgan fingerprint density at radius 1 is 1.26 bits per heavy atom. The topological polar surface area (TPSA) is 104 Å². The maximum atomic E-state index is 12.8. The van der Waals surface area contributed by atoms with E-state index in [1.165, 1.54) is 12.4 Å². The number of hydrogen-bond donors (Lipinski definition) is 2. The lowest BCUT2D eigenvalue weighted by molar-refractivity contribution is -0.135. The van der Waals surface area contributed by atoms with Crippen molar-refractivity contribution in [3.05, 3.63) is 18.2 Å². The zero-order valence-corrected chi connectivity index (χ0v) is 16.3. The fourth-order valence-corrected chi connectivity index (χ4v) is 3.54. The molecular formula is C19H27N5O3. The Kier molecular flexibility index (Phi) is 4.92. The van der Waals surface area contributed by atoms with Gasteiger partial charge in [-0.15, -0.1) is 0 Å². The Labute approximate surface area is 159 Å². The van der Waals surface area contributed by atoms with Gasteiger partial charge in [0.05, 0.1) is 18.1 Å². The number of carbonyl (C=O) groups is 3. The van der Waals surface area contributed by atoms with Gasteiger partial charge in [-0.1, -0.05) is 27.7 Å². The maximum Gasteiger partial charge on any atom is 0.325 e. The van der Waals surface area contributed by atoms with Crippen molar-refractivity contribution in [1.29, 1.82) is 0 Å². The molecule has 2 N–H and O–H groups in total. The van der Waals surface area contributed by atoms with Crippen molar-refractivity contribution >= 4 is 23.5 Å². The van der Waals surface area contributed by atoms with Crippen molar-refractivity contribution in [2.75, 3.05) is 11.9 Å². The third kappa shape index (κ3) is 3.94. The summed E-state index contributed by atoms with van der Waals surface area (Å²) in [5.74, 6) is 0.470. The Balaban J connectivity index is 1.62. The van der Waals surface area contributed by atoms with Crippen molar-refractivity contribution in [1.82, 2.24) is 20.2 Å². The lowest BCUT2D eigenvalue weighted by Gasteiger charge is -2.33. The monoisotopic (exact) mass is 373 g/mol. The summed E-state index contributed by atoms with van der Waals surface area (Å²) >= 11 is 0. The zero-order valence-electron chi connectivity index (χ0n) is 16.3. The quantitative estimate of drug-likeness (QED) is 0.791. The van der Waals surface area contributed by atoms with Crippen LogP contribution in [0.4, 0.5) is 10.5 Å². The minimum absolute atomic E-state index is 0.186. The number of amides is 4. The van der Waals surface area contributed by atoms with E-state index in [1.807, 2.05) is 20.8 Å². The van der Waals surface area contributed by atoms with E-state index in [2.05, 4.69) is 27.5 Å². The zero-order chi connectivity index (χ0) is 19.8. The molecule has 0 atom stereocenters. The lowest BCUT2D eigenvalue weighted by Crippen LogP contribution is -2.49. The summed E-state index contributed by atoms with van der Waals surface area (Å²) in [7, 11) is 0. The summed E-state index contributed by atoms with van der Waals surface area (Å²) in [5.41, 5.74) is -0.586. The van der Waals surface area contributed by atoms with Crippen molar-refractivity contribution in [3.8, 4) is 0 Å². The van der Waals surface area contributed by atoms with Crippen LogP contribution in [0.5, 0.6) is 0 Å². The van der Waals surface area contributed by atoms with E-state index < -0.39 is 17.5 Å². The second kappa shape index (κ2) is 6.90. The van der Waals surface area contributed by atoms with Crippen LogP contribution in [0.3, 0.4) is 0 Å². The fourth-order valence-electron chi connectivity index (χ4n) is 3.54. The first-order valence-corrected chi connectivity index (χ1v) is 9.37. The minimum atomic E-state index is -0.832. The van der Waals surface area contributed by atoms with Gasteiger partial charge in [0.2, 0.25) is 5.91 Å². The van der Waals surface area contributed by atoms with Gasteiger partial charge >= 0.3 is 6.03 Å². The Morgan fingerprint density at radius 3 is 2.41 bits per heavy atom. The van der Waals surface area contributed by atoms with Crippen LogP contribution in [0.15, 0.2) is 12.4 Å². The van der Waals surface area contributed by atoms with Crippen molar-refractivity contribution < 1.29 is 14.4 Å². The highest BCUT2D eigenvalue weighted by Gasteiger charge is 2.52. The summed E-state index contributed by atoms with van der Waals surface area (Å²) < 4.78 is 0. The average Bonchev–Trinajstić information content (AvgIpc) is 2.82. The fraction of sp³-hybridized carbons (Fsp3) is 0.632. The molecule has 4 amide bonds. The largest absolute Gasteiger partial charge is 0.325 e. The molecule has 2 heterocycles. The van der Waals surface area contributed by atoms with E-state index in [9.17, 15) is 14.4 Å². The molecule has 8 nitrogen and oxygen atoms in total. The van der Waals surface area contributed by atoms with Crippen LogP contribution in [-0.2, 0) is 15.0 Å². The molecular weight excluding hydrogens is 346 g/mol. The number of anilines is 1. The number of urea groups is 1. The van der Waals surface area contributed by atoms with Crippen LogP contribution in [0.2, 0.25) is 0 Å². The molecule has 8 heteroatoms. The first-order valence-electron chi connectivity index (χ1n) is 9.37. The van der Waals surface area contributed by atoms with Gasteiger partial charge in [0.25, 0.3) is 5.91 Å². The number of imide groups is 1. The molecule has 1 aromatic heterocycles. The van der Waals surface area contributed by atoms with E-state index >= 15 is 0 Å². The molecule has 0 aromatic carbocycles. The Morgan fingerprint density at radius 2 is 1.85 bits per heavy atom. The molecule has 3 rings (SSSR count). The van der Waals surface area contributed by atoms with Gasteiger partial charge in [0.1, 0.15) is 17.9 Å². The number of hydrogen-bond acceptors (Lipinski definition) is 5. The van der Waals surface area contributed by atoms with Crippen LogP contribution < -0.4 is 10.6 Å². The highest BCUT2D eigenvalue weighted by Crippen LogP contribution is 2.36. The molecule has 27 heavy (non-hydrogen) atoms. The molecule has 1 aliphatic heterocycles. The number of nitrogens with zero attached hydrogens (tertiary/aromatic N) is 3. The van der Waals surface area contributed by atoms with E-state index in [4.69, 9.17) is 0 Å². The normalized spacial score (nSPS) is 25.6. The maximum absolute atomic E-state index is 12.8. The van der Waals surface area contributed by atoms with Crippen LogP contribution in [0.1, 0.15) is 59.2 Å².